The van der Waals surface area contributed by atoms with Crippen molar-refractivity contribution in [3.63, 3.8) is 0 Å². The SMILES string of the molecule is COc1cc(C)cc(C)c1C(N)C1(N)CC1. The molecule has 1 unspecified atom stereocenters. The topological polar surface area (TPSA) is 61.3 Å². The number of rotatable bonds is 3. The number of methoxy groups -OCH3 is 1. The van der Waals surface area contributed by atoms with Crippen LogP contribution in [0.25, 0.3) is 0 Å². The number of ether oxygens (including phenoxy) is 1. The number of aryl methyl sites for hydroxylation is 2. The molecule has 4 N–H and O–H groups in total. The lowest BCUT2D eigenvalue weighted by Crippen LogP contribution is -2.37. The molecule has 0 radical (unpaired) electrons. The fraction of sp³-hybridized carbons (Fsp3) is 0.538. The average Bonchev–Trinajstić information content (AvgIpc) is 2.96. The molecule has 0 aliphatic heterocycles. The third kappa shape index (κ3) is 1.81. The zero-order valence-corrected chi connectivity index (χ0v) is 10.2. The Balaban J connectivity index is 2.46. The third-order valence-corrected chi connectivity index (χ3v) is 3.47. The van der Waals surface area contributed by atoms with Crippen molar-refractivity contribution in [1.82, 2.24) is 0 Å². The van der Waals surface area contributed by atoms with Crippen molar-refractivity contribution in [3.8, 4) is 5.75 Å². The average molecular weight is 220 g/mol. The lowest BCUT2D eigenvalue weighted by molar-refractivity contribution is 0.397. The molecule has 1 fully saturated rings. The maximum Gasteiger partial charge on any atom is 0.124 e. The van der Waals surface area contributed by atoms with Crippen LogP contribution in [0, 0.1) is 13.8 Å². The van der Waals surface area contributed by atoms with Gasteiger partial charge in [0.25, 0.3) is 0 Å². The minimum Gasteiger partial charge on any atom is -0.496 e. The van der Waals surface area contributed by atoms with Gasteiger partial charge in [0.05, 0.1) is 13.2 Å². The summed E-state index contributed by atoms with van der Waals surface area (Å²) in [7, 11) is 1.68. The summed E-state index contributed by atoms with van der Waals surface area (Å²) < 4.78 is 5.42. The fourth-order valence-electron chi connectivity index (χ4n) is 2.25. The zero-order valence-electron chi connectivity index (χ0n) is 10.2. The van der Waals surface area contributed by atoms with Gasteiger partial charge >= 0.3 is 0 Å². The highest BCUT2D eigenvalue weighted by atomic mass is 16.5. The van der Waals surface area contributed by atoms with Gasteiger partial charge in [0, 0.05) is 11.1 Å². The second-order valence-electron chi connectivity index (χ2n) is 4.91. The summed E-state index contributed by atoms with van der Waals surface area (Å²) in [6, 6.07) is 4.03. The predicted octanol–water partition coefficient (Wildman–Crippen LogP) is 1.80. The summed E-state index contributed by atoms with van der Waals surface area (Å²) in [6.07, 6.45) is 2.01. The van der Waals surface area contributed by atoms with Gasteiger partial charge in [-0.2, -0.15) is 0 Å². The van der Waals surface area contributed by atoms with Crippen LogP contribution in [0.3, 0.4) is 0 Å². The first-order chi connectivity index (χ1) is 7.48. The second kappa shape index (κ2) is 3.75. The predicted molar refractivity (Wildman–Crippen MR) is 65.5 cm³/mol. The Morgan fingerprint density at radius 1 is 1.31 bits per heavy atom. The third-order valence-electron chi connectivity index (χ3n) is 3.47. The van der Waals surface area contributed by atoms with E-state index in [1.807, 2.05) is 6.07 Å². The van der Waals surface area contributed by atoms with Crippen molar-refractivity contribution < 1.29 is 4.74 Å². The molecule has 2 rings (SSSR count). The van der Waals surface area contributed by atoms with Gasteiger partial charge < -0.3 is 16.2 Å². The minimum absolute atomic E-state index is 0.122. The van der Waals surface area contributed by atoms with Crippen LogP contribution in [0.2, 0.25) is 0 Å². The molecule has 1 saturated carbocycles. The van der Waals surface area contributed by atoms with E-state index < -0.39 is 0 Å². The maximum atomic E-state index is 6.26. The van der Waals surface area contributed by atoms with Crippen LogP contribution in [0.5, 0.6) is 5.75 Å². The van der Waals surface area contributed by atoms with Gasteiger partial charge in [0.2, 0.25) is 0 Å². The first-order valence-electron chi connectivity index (χ1n) is 5.67. The molecule has 88 valence electrons. The number of hydrogen-bond acceptors (Lipinski definition) is 3. The molecule has 1 aromatic rings. The van der Waals surface area contributed by atoms with Crippen molar-refractivity contribution >= 4 is 0 Å². The number of hydrogen-bond donors (Lipinski definition) is 2. The monoisotopic (exact) mass is 220 g/mol. The molecule has 1 atom stereocenters. The van der Waals surface area contributed by atoms with E-state index in [4.69, 9.17) is 16.2 Å². The molecular weight excluding hydrogens is 200 g/mol. The summed E-state index contributed by atoms with van der Waals surface area (Å²) in [5.74, 6) is 0.863. The van der Waals surface area contributed by atoms with Crippen LogP contribution in [0.4, 0.5) is 0 Å². The number of nitrogens with two attached hydrogens (primary N) is 2. The minimum atomic E-state index is -0.215. The van der Waals surface area contributed by atoms with Crippen molar-refractivity contribution in [2.45, 2.75) is 38.3 Å². The summed E-state index contributed by atoms with van der Waals surface area (Å²) in [5.41, 5.74) is 15.6. The molecule has 0 amide bonds. The highest BCUT2D eigenvalue weighted by Gasteiger charge is 2.45. The van der Waals surface area contributed by atoms with E-state index in [0.717, 1.165) is 24.2 Å². The molecule has 3 nitrogen and oxygen atoms in total. The molecule has 0 saturated heterocycles. The Morgan fingerprint density at radius 2 is 1.94 bits per heavy atom. The van der Waals surface area contributed by atoms with E-state index in [1.54, 1.807) is 7.11 Å². The largest absolute Gasteiger partial charge is 0.496 e. The van der Waals surface area contributed by atoms with E-state index in [1.165, 1.54) is 11.1 Å². The summed E-state index contributed by atoms with van der Waals surface area (Å²) in [4.78, 5) is 0. The van der Waals surface area contributed by atoms with Crippen LogP contribution in [-0.4, -0.2) is 12.6 Å². The normalized spacial score (nSPS) is 19.3. The lowest BCUT2D eigenvalue weighted by atomic mass is 9.92. The van der Waals surface area contributed by atoms with Gasteiger partial charge in [0.15, 0.2) is 0 Å². The van der Waals surface area contributed by atoms with E-state index in [0.29, 0.717) is 0 Å². The van der Waals surface area contributed by atoms with Crippen molar-refractivity contribution in [3.05, 3.63) is 28.8 Å². The van der Waals surface area contributed by atoms with Gasteiger partial charge in [-0.3, -0.25) is 0 Å². The molecule has 1 aromatic carbocycles. The smallest absolute Gasteiger partial charge is 0.124 e. The van der Waals surface area contributed by atoms with E-state index in [2.05, 4.69) is 19.9 Å². The second-order valence-corrected chi connectivity index (χ2v) is 4.91. The summed E-state index contributed by atoms with van der Waals surface area (Å²) >= 11 is 0. The Bertz CT molecular complexity index is 411. The zero-order chi connectivity index (χ0) is 11.9. The van der Waals surface area contributed by atoms with Crippen LogP contribution in [-0.2, 0) is 0 Å². The fourth-order valence-corrected chi connectivity index (χ4v) is 2.25. The van der Waals surface area contributed by atoms with Crippen LogP contribution >= 0.6 is 0 Å². The molecule has 0 spiro atoms. The molecule has 0 aromatic heterocycles. The Labute approximate surface area is 96.8 Å². The molecule has 1 aliphatic rings. The van der Waals surface area contributed by atoms with Crippen molar-refractivity contribution in [1.29, 1.82) is 0 Å². The molecule has 3 heteroatoms. The molecule has 16 heavy (non-hydrogen) atoms. The maximum absolute atomic E-state index is 6.26. The Hall–Kier alpha value is -1.06. The van der Waals surface area contributed by atoms with Gasteiger partial charge in [0.1, 0.15) is 5.75 Å². The molecule has 0 bridgehead atoms. The summed E-state index contributed by atoms with van der Waals surface area (Å²) in [6.45, 7) is 4.12. The standard InChI is InChI=1S/C13H20N2O/c1-8-6-9(2)11(10(7-8)16-3)12(14)13(15)4-5-13/h6-7,12H,4-5,14-15H2,1-3H3. The van der Waals surface area contributed by atoms with Gasteiger partial charge in [-0.25, -0.2) is 0 Å². The van der Waals surface area contributed by atoms with Crippen LogP contribution < -0.4 is 16.2 Å². The van der Waals surface area contributed by atoms with E-state index >= 15 is 0 Å². The van der Waals surface area contributed by atoms with Crippen LogP contribution in [0.15, 0.2) is 12.1 Å². The van der Waals surface area contributed by atoms with Crippen molar-refractivity contribution in [2.75, 3.05) is 7.11 Å². The van der Waals surface area contributed by atoms with Crippen molar-refractivity contribution in [2.24, 2.45) is 11.5 Å². The lowest BCUT2D eigenvalue weighted by Gasteiger charge is -2.24. The van der Waals surface area contributed by atoms with Gasteiger partial charge in [-0.15, -0.1) is 0 Å². The highest BCUT2D eigenvalue weighted by molar-refractivity contribution is 5.47. The van der Waals surface area contributed by atoms with Gasteiger partial charge in [-0.1, -0.05) is 6.07 Å². The molecule has 0 heterocycles. The Kier molecular flexibility index (Phi) is 2.68. The van der Waals surface area contributed by atoms with E-state index in [9.17, 15) is 0 Å². The number of benzene rings is 1. The molecule has 1 aliphatic carbocycles. The molecular formula is C13H20N2O. The quantitative estimate of drug-likeness (QED) is 0.816. The Morgan fingerprint density at radius 3 is 2.44 bits per heavy atom. The van der Waals surface area contributed by atoms with Crippen LogP contribution in [0.1, 0.15) is 35.6 Å². The first-order valence-corrected chi connectivity index (χ1v) is 5.67. The highest BCUT2D eigenvalue weighted by Crippen LogP contribution is 2.45. The van der Waals surface area contributed by atoms with Gasteiger partial charge in [-0.05, 0) is 43.9 Å². The van der Waals surface area contributed by atoms with E-state index in [-0.39, 0.29) is 11.6 Å². The first kappa shape index (κ1) is 11.4. The summed E-state index contributed by atoms with van der Waals surface area (Å²) in [5, 5.41) is 0.